The number of nitrogens with zero attached hydrogens (tertiary/aromatic N) is 2. The van der Waals surface area contributed by atoms with E-state index in [0.29, 0.717) is 11.6 Å². The number of para-hydroxylation sites is 1. The normalized spacial score (nSPS) is 16.2. The van der Waals surface area contributed by atoms with Crippen molar-refractivity contribution in [1.29, 1.82) is 0 Å². The summed E-state index contributed by atoms with van der Waals surface area (Å²) < 4.78 is 0. The maximum atomic E-state index is 13.3. The number of anilines is 1. The van der Waals surface area contributed by atoms with E-state index >= 15 is 0 Å². The van der Waals surface area contributed by atoms with Crippen LogP contribution >= 0.6 is 11.6 Å². The number of carbonyl (C=O) groups is 1. The zero-order valence-corrected chi connectivity index (χ0v) is 15.2. The second kappa shape index (κ2) is 6.94. The van der Waals surface area contributed by atoms with Crippen molar-refractivity contribution >= 4 is 23.2 Å². The lowest BCUT2D eigenvalue weighted by molar-refractivity contribution is -0.121. The van der Waals surface area contributed by atoms with E-state index in [9.17, 15) is 4.79 Å². The lowest BCUT2D eigenvalue weighted by Crippen LogP contribution is -2.42. The molecule has 0 radical (unpaired) electrons. The number of hydrogen-bond donors (Lipinski definition) is 0. The van der Waals surface area contributed by atoms with Gasteiger partial charge < -0.3 is 0 Å². The quantitative estimate of drug-likeness (QED) is 0.661. The minimum Gasteiger partial charge on any atom is -0.272 e. The fourth-order valence-corrected chi connectivity index (χ4v) is 3.80. The molecule has 0 aromatic heterocycles. The van der Waals surface area contributed by atoms with Gasteiger partial charge in [0, 0.05) is 18.6 Å². The van der Waals surface area contributed by atoms with Gasteiger partial charge in [0.25, 0.3) is 5.91 Å². The van der Waals surface area contributed by atoms with Crippen LogP contribution in [0, 0.1) is 0 Å². The van der Waals surface area contributed by atoms with Crippen LogP contribution in [-0.2, 0) is 11.3 Å². The summed E-state index contributed by atoms with van der Waals surface area (Å²) in [4.78, 5) is 13.3. The standard InChI is InChI=1S/C22H19ClN2O/c1-24(15-16-8-7-11-18(23)14-16)25-20-13-6-5-12-19(20)21(22(25)26)17-9-3-2-4-10-17/h2-14,21H,15H2,1H3/t21-/m0/s1. The Morgan fingerprint density at radius 1 is 0.962 bits per heavy atom. The number of amides is 1. The molecule has 1 aliphatic heterocycles. The van der Waals surface area contributed by atoms with Gasteiger partial charge in [-0.25, -0.2) is 10.0 Å². The van der Waals surface area contributed by atoms with E-state index in [0.717, 1.165) is 22.4 Å². The highest BCUT2D eigenvalue weighted by molar-refractivity contribution is 6.30. The molecule has 1 heterocycles. The van der Waals surface area contributed by atoms with Gasteiger partial charge in [-0.3, -0.25) is 4.79 Å². The van der Waals surface area contributed by atoms with Crippen molar-refractivity contribution in [3.8, 4) is 0 Å². The Morgan fingerprint density at radius 2 is 1.69 bits per heavy atom. The van der Waals surface area contributed by atoms with Crippen molar-refractivity contribution in [3.63, 3.8) is 0 Å². The predicted molar refractivity (Wildman–Crippen MR) is 105 cm³/mol. The Bertz CT molecular complexity index is 942. The summed E-state index contributed by atoms with van der Waals surface area (Å²) in [5, 5.41) is 4.44. The van der Waals surface area contributed by atoms with Gasteiger partial charge in [0.15, 0.2) is 0 Å². The molecule has 3 aromatic rings. The van der Waals surface area contributed by atoms with Crippen LogP contribution < -0.4 is 5.01 Å². The molecular formula is C22H19ClN2O. The van der Waals surface area contributed by atoms with E-state index in [1.807, 2.05) is 90.9 Å². The molecule has 4 rings (SSSR count). The molecule has 0 saturated carbocycles. The Labute approximate surface area is 158 Å². The number of hydrogen-bond acceptors (Lipinski definition) is 2. The summed E-state index contributed by atoms with van der Waals surface area (Å²) in [6.07, 6.45) is 0. The van der Waals surface area contributed by atoms with Gasteiger partial charge in [-0.15, -0.1) is 0 Å². The lowest BCUT2D eigenvalue weighted by Gasteiger charge is -2.29. The first-order valence-electron chi connectivity index (χ1n) is 8.58. The van der Waals surface area contributed by atoms with Crippen LogP contribution in [-0.4, -0.2) is 18.0 Å². The first-order chi connectivity index (χ1) is 12.6. The maximum absolute atomic E-state index is 13.3. The predicted octanol–water partition coefficient (Wildman–Crippen LogP) is 4.87. The molecule has 3 aromatic carbocycles. The summed E-state index contributed by atoms with van der Waals surface area (Å²) >= 11 is 6.10. The van der Waals surface area contributed by atoms with E-state index in [4.69, 9.17) is 11.6 Å². The van der Waals surface area contributed by atoms with E-state index in [-0.39, 0.29) is 11.8 Å². The number of carbonyl (C=O) groups excluding carboxylic acids is 1. The molecule has 26 heavy (non-hydrogen) atoms. The van der Waals surface area contributed by atoms with Gasteiger partial charge in [0.05, 0.1) is 11.6 Å². The second-order valence-corrected chi connectivity index (χ2v) is 6.93. The molecule has 0 bridgehead atoms. The third-order valence-electron chi connectivity index (χ3n) is 4.71. The molecule has 0 fully saturated rings. The molecule has 0 N–H and O–H groups in total. The minimum absolute atomic E-state index is 0.0712. The third-order valence-corrected chi connectivity index (χ3v) is 4.94. The summed E-state index contributed by atoms with van der Waals surface area (Å²) in [5.41, 5.74) is 4.06. The average Bonchev–Trinajstić information content (AvgIpc) is 2.94. The van der Waals surface area contributed by atoms with Crippen molar-refractivity contribution in [3.05, 3.63) is 101 Å². The van der Waals surface area contributed by atoms with Crippen molar-refractivity contribution in [1.82, 2.24) is 5.01 Å². The van der Waals surface area contributed by atoms with Gasteiger partial charge in [-0.1, -0.05) is 72.3 Å². The highest BCUT2D eigenvalue weighted by Gasteiger charge is 2.39. The number of fused-ring (bicyclic) bond motifs is 1. The Hall–Kier alpha value is -2.62. The topological polar surface area (TPSA) is 23.6 Å². The molecular weight excluding hydrogens is 344 g/mol. The van der Waals surface area contributed by atoms with Gasteiger partial charge in [-0.2, -0.15) is 0 Å². The van der Waals surface area contributed by atoms with Crippen LogP contribution in [0.15, 0.2) is 78.9 Å². The van der Waals surface area contributed by atoms with Crippen molar-refractivity contribution < 1.29 is 4.79 Å². The Morgan fingerprint density at radius 3 is 2.46 bits per heavy atom. The van der Waals surface area contributed by atoms with Crippen molar-refractivity contribution in [2.75, 3.05) is 12.1 Å². The number of halogens is 1. The van der Waals surface area contributed by atoms with Crippen LogP contribution in [0.4, 0.5) is 5.69 Å². The van der Waals surface area contributed by atoms with Crippen LogP contribution in [0.2, 0.25) is 5.02 Å². The van der Waals surface area contributed by atoms with Crippen LogP contribution in [0.25, 0.3) is 0 Å². The van der Waals surface area contributed by atoms with Crippen molar-refractivity contribution in [2.45, 2.75) is 12.5 Å². The number of hydrazine groups is 1. The first kappa shape index (κ1) is 16.8. The molecule has 0 unspecified atom stereocenters. The molecule has 130 valence electrons. The van der Waals surface area contributed by atoms with Gasteiger partial charge >= 0.3 is 0 Å². The molecule has 0 saturated heterocycles. The average molecular weight is 363 g/mol. The minimum atomic E-state index is -0.269. The SMILES string of the molecule is CN(Cc1cccc(Cl)c1)N1C(=O)[C@@H](c2ccccc2)c2ccccc21. The highest BCUT2D eigenvalue weighted by Crippen LogP contribution is 2.41. The zero-order valence-electron chi connectivity index (χ0n) is 14.5. The fourth-order valence-electron chi connectivity index (χ4n) is 3.59. The van der Waals surface area contributed by atoms with Crippen LogP contribution in [0.1, 0.15) is 22.6 Å². The molecule has 0 spiro atoms. The fraction of sp³-hybridized carbons (Fsp3) is 0.136. The molecule has 1 amide bonds. The molecule has 1 aliphatic rings. The van der Waals surface area contributed by atoms with Gasteiger partial charge in [-0.05, 0) is 34.9 Å². The van der Waals surface area contributed by atoms with E-state index < -0.39 is 0 Å². The van der Waals surface area contributed by atoms with E-state index in [1.54, 1.807) is 5.01 Å². The molecule has 0 aliphatic carbocycles. The lowest BCUT2D eigenvalue weighted by atomic mass is 9.93. The monoisotopic (exact) mass is 362 g/mol. The summed E-state index contributed by atoms with van der Waals surface area (Å²) in [5.74, 6) is -0.198. The van der Waals surface area contributed by atoms with Gasteiger partial charge in [0.1, 0.15) is 0 Å². The number of rotatable bonds is 4. The largest absolute Gasteiger partial charge is 0.272 e. The number of benzene rings is 3. The first-order valence-corrected chi connectivity index (χ1v) is 8.96. The molecule has 4 heteroatoms. The van der Waals surface area contributed by atoms with Gasteiger partial charge in [0.2, 0.25) is 0 Å². The summed E-state index contributed by atoms with van der Waals surface area (Å²) in [7, 11) is 1.93. The second-order valence-electron chi connectivity index (χ2n) is 6.50. The summed E-state index contributed by atoms with van der Waals surface area (Å²) in [6, 6.07) is 25.7. The zero-order chi connectivity index (χ0) is 18.1. The molecule has 3 nitrogen and oxygen atoms in total. The van der Waals surface area contributed by atoms with Crippen LogP contribution in [0.3, 0.4) is 0 Å². The third kappa shape index (κ3) is 3.00. The Kier molecular flexibility index (Phi) is 4.49. The van der Waals surface area contributed by atoms with Crippen molar-refractivity contribution in [2.24, 2.45) is 0 Å². The smallest absolute Gasteiger partial charge is 0.253 e. The highest BCUT2D eigenvalue weighted by atomic mass is 35.5. The maximum Gasteiger partial charge on any atom is 0.253 e. The van der Waals surface area contributed by atoms with E-state index in [1.165, 1.54) is 0 Å². The molecule has 1 atom stereocenters. The van der Waals surface area contributed by atoms with E-state index in [2.05, 4.69) is 0 Å². The summed E-state index contributed by atoms with van der Waals surface area (Å²) in [6.45, 7) is 0.599. The Balaban J connectivity index is 1.69. The van der Waals surface area contributed by atoms with Crippen LogP contribution in [0.5, 0.6) is 0 Å².